The number of ether oxygens (including phenoxy) is 1. The molecule has 0 spiro atoms. The van der Waals surface area contributed by atoms with Crippen molar-refractivity contribution in [1.82, 2.24) is 10.2 Å². The Labute approximate surface area is 120 Å². The number of hydrazine groups is 1. The summed E-state index contributed by atoms with van der Waals surface area (Å²) in [7, 11) is 3.98. The largest absolute Gasteiger partial charge is 0.378 e. The first-order valence-electron chi connectivity index (χ1n) is 6.62. The molecule has 6 nitrogen and oxygen atoms in total. The smallest absolute Gasteiger partial charge is 0.253 e. The van der Waals surface area contributed by atoms with Crippen molar-refractivity contribution < 1.29 is 9.53 Å². The van der Waals surface area contributed by atoms with E-state index >= 15 is 0 Å². The Morgan fingerprint density at radius 1 is 1.35 bits per heavy atom. The van der Waals surface area contributed by atoms with Gasteiger partial charge in [0.1, 0.15) is 0 Å². The van der Waals surface area contributed by atoms with Crippen molar-refractivity contribution in [2.45, 2.75) is 6.92 Å². The van der Waals surface area contributed by atoms with Gasteiger partial charge in [-0.2, -0.15) is 0 Å². The number of carbonyl (C=O) groups is 1. The maximum Gasteiger partial charge on any atom is 0.253 e. The van der Waals surface area contributed by atoms with Gasteiger partial charge in [0.05, 0.1) is 24.5 Å². The van der Waals surface area contributed by atoms with Crippen LogP contribution in [-0.2, 0) is 4.74 Å². The summed E-state index contributed by atoms with van der Waals surface area (Å²) < 4.78 is 5.41. The van der Waals surface area contributed by atoms with Gasteiger partial charge in [-0.05, 0) is 33.2 Å². The number of carbonyl (C=O) groups excluding carboxylic acids is 1. The molecule has 0 atom stereocenters. The molecule has 0 aliphatic heterocycles. The Kier molecular flexibility index (Phi) is 7.00. The first-order chi connectivity index (χ1) is 9.54. The molecule has 1 rings (SSSR count). The zero-order valence-electron chi connectivity index (χ0n) is 12.4. The van der Waals surface area contributed by atoms with Crippen LogP contribution in [0.1, 0.15) is 15.9 Å². The molecule has 0 heterocycles. The third-order valence-electron chi connectivity index (χ3n) is 2.79. The number of nitrogen functional groups attached to an aromatic ring is 1. The summed E-state index contributed by atoms with van der Waals surface area (Å²) >= 11 is 0. The van der Waals surface area contributed by atoms with E-state index in [1.165, 1.54) is 0 Å². The molecular weight excluding hydrogens is 256 g/mol. The summed E-state index contributed by atoms with van der Waals surface area (Å²) in [5.74, 6) is 5.25. The minimum atomic E-state index is -0.155. The number of benzene rings is 1. The Balaban J connectivity index is 2.37. The first-order valence-corrected chi connectivity index (χ1v) is 6.62. The van der Waals surface area contributed by atoms with Gasteiger partial charge in [-0.1, -0.05) is 11.6 Å². The average molecular weight is 280 g/mol. The Hall–Kier alpha value is -1.63. The number of hydrogen-bond acceptors (Lipinski definition) is 5. The van der Waals surface area contributed by atoms with Crippen LogP contribution in [0, 0.1) is 6.92 Å². The molecule has 0 aliphatic carbocycles. The highest BCUT2D eigenvalue weighted by Crippen LogP contribution is 2.15. The summed E-state index contributed by atoms with van der Waals surface area (Å²) in [5.41, 5.74) is 4.69. The second kappa shape index (κ2) is 8.52. The van der Waals surface area contributed by atoms with Crippen LogP contribution in [-0.4, -0.2) is 51.2 Å². The van der Waals surface area contributed by atoms with Crippen molar-refractivity contribution in [3.05, 3.63) is 29.3 Å². The minimum absolute atomic E-state index is 0.155. The topological polar surface area (TPSA) is 79.6 Å². The van der Waals surface area contributed by atoms with Gasteiger partial charge in [-0.15, -0.1) is 0 Å². The molecule has 1 aromatic carbocycles. The average Bonchev–Trinajstić information content (AvgIpc) is 2.42. The van der Waals surface area contributed by atoms with Crippen molar-refractivity contribution in [3.63, 3.8) is 0 Å². The molecule has 0 saturated carbocycles. The maximum absolute atomic E-state index is 12.0. The fourth-order valence-electron chi connectivity index (χ4n) is 1.65. The molecular formula is C14H24N4O2. The highest BCUT2D eigenvalue weighted by Gasteiger charge is 2.10. The van der Waals surface area contributed by atoms with E-state index in [2.05, 4.69) is 10.7 Å². The Bertz CT molecular complexity index is 435. The first kappa shape index (κ1) is 16.4. The van der Waals surface area contributed by atoms with Crippen molar-refractivity contribution in [2.75, 3.05) is 45.8 Å². The van der Waals surface area contributed by atoms with E-state index in [1.807, 2.05) is 32.0 Å². The fourth-order valence-corrected chi connectivity index (χ4v) is 1.65. The standard InChI is InChI=1S/C14H24N4O2/c1-11-4-5-13(17-15)12(10-11)14(19)16-6-8-20-9-7-18(2)3/h4-5,10,17H,6-9,15H2,1-3H3,(H,16,19). The van der Waals surface area contributed by atoms with Crippen molar-refractivity contribution in [3.8, 4) is 0 Å². The SMILES string of the molecule is Cc1ccc(NN)c(C(=O)NCCOCCN(C)C)c1. The molecule has 0 fully saturated rings. The lowest BCUT2D eigenvalue weighted by molar-refractivity contribution is 0.0901. The van der Waals surface area contributed by atoms with E-state index in [4.69, 9.17) is 10.6 Å². The third-order valence-corrected chi connectivity index (χ3v) is 2.79. The Morgan fingerprint density at radius 2 is 2.10 bits per heavy atom. The number of nitrogens with one attached hydrogen (secondary N) is 2. The van der Waals surface area contributed by atoms with Gasteiger partial charge in [0.25, 0.3) is 5.91 Å². The lowest BCUT2D eigenvalue weighted by Crippen LogP contribution is -2.29. The second-order valence-electron chi connectivity index (χ2n) is 4.86. The summed E-state index contributed by atoms with van der Waals surface area (Å²) in [5, 5.41) is 2.82. The van der Waals surface area contributed by atoms with Crippen LogP contribution in [0.25, 0.3) is 0 Å². The Morgan fingerprint density at radius 3 is 2.75 bits per heavy atom. The second-order valence-corrected chi connectivity index (χ2v) is 4.86. The highest BCUT2D eigenvalue weighted by atomic mass is 16.5. The van der Waals surface area contributed by atoms with Crippen LogP contribution in [0.3, 0.4) is 0 Å². The molecule has 0 aromatic heterocycles. The van der Waals surface area contributed by atoms with Gasteiger partial charge in [0.15, 0.2) is 0 Å². The summed E-state index contributed by atoms with van der Waals surface area (Å²) in [6, 6.07) is 5.49. The zero-order chi connectivity index (χ0) is 15.0. The molecule has 1 amide bonds. The van der Waals surface area contributed by atoms with E-state index in [0.29, 0.717) is 31.0 Å². The number of anilines is 1. The van der Waals surface area contributed by atoms with Crippen molar-refractivity contribution in [2.24, 2.45) is 5.84 Å². The maximum atomic E-state index is 12.0. The number of rotatable bonds is 8. The van der Waals surface area contributed by atoms with Crippen LogP contribution >= 0.6 is 0 Å². The monoisotopic (exact) mass is 280 g/mol. The van der Waals surface area contributed by atoms with Crippen LogP contribution < -0.4 is 16.6 Å². The van der Waals surface area contributed by atoms with Gasteiger partial charge in [0, 0.05) is 13.1 Å². The van der Waals surface area contributed by atoms with E-state index < -0.39 is 0 Å². The summed E-state index contributed by atoms with van der Waals surface area (Å²) in [6.07, 6.45) is 0. The molecule has 4 N–H and O–H groups in total. The van der Waals surface area contributed by atoms with Crippen LogP contribution in [0.2, 0.25) is 0 Å². The normalized spacial score (nSPS) is 10.7. The van der Waals surface area contributed by atoms with Crippen LogP contribution in [0.4, 0.5) is 5.69 Å². The summed E-state index contributed by atoms with van der Waals surface area (Å²) in [6.45, 7) is 4.43. The molecule has 0 radical (unpaired) electrons. The number of nitrogens with two attached hydrogens (primary N) is 1. The molecule has 6 heteroatoms. The number of hydrogen-bond donors (Lipinski definition) is 3. The van der Waals surface area contributed by atoms with Crippen molar-refractivity contribution >= 4 is 11.6 Å². The molecule has 112 valence electrons. The number of aryl methyl sites for hydroxylation is 1. The van der Waals surface area contributed by atoms with E-state index in [-0.39, 0.29) is 5.91 Å². The predicted molar refractivity (Wildman–Crippen MR) is 80.7 cm³/mol. The van der Waals surface area contributed by atoms with Gasteiger partial charge >= 0.3 is 0 Å². The van der Waals surface area contributed by atoms with E-state index in [9.17, 15) is 4.79 Å². The molecule has 0 saturated heterocycles. The third kappa shape index (κ3) is 5.56. The van der Waals surface area contributed by atoms with Gasteiger partial charge in [-0.25, -0.2) is 0 Å². The van der Waals surface area contributed by atoms with Gasteiger partial charge in [0.2, 0.25) is 0 Å². The minimum Gasteiger partial charge on any atom is -0.378 e. The molecule has 1 aromatic rings. The molecule has 0 aliphatic rings. The molecule has 0 unspecified atom stereocenters. The number of amides is 1. The lowest BCUT2D eigenvalue weighted by Gasteiger charge is -2.12. The zero-order valence-corrected chi connectivity index (χ0v) is 12.4. The quantitative estimate of drug-likeness (QED) is 0.369. The lowest BCUT2D eigenvalue weighted by atomic mass is 10.1. The summed E-state index contributed by atoms with van der Waals surface area (Å²) in [4.78, 5) is 14.1. The van der Waals surface area contributed by atoms with Gasteiger partial charge in [-0.3, -0.25) is 10.6 Å². The molecule has 0 bridgehead atoms. The molecule has 20 heavy (non-hydrogen) atoms. The van der Waals surface area contributed by atoms with Crippen LogP contribution in [0.15, 0.2) is 18.2 Å². The fraction of sp³-hybridized carbons (Fsp3) is 0.500. The van der Waals surface area contributed by atoms with Gasteiger partial charge < -0.3 is 20.4 Å². The highest BCUT2D eigenvalue weighted by molar-refractivity contribution is 5.99. The predicted octanol–water partition coefficient (Wildman–Crippen LogP) is 0.589. The van der Waals surface area contributed by atoms with Crippen LogP contribution in [0.5, 0.6) is 0 Å². The number of nitrogens with zero attached hydrogens (tertiary/aromatic N) is 1. The number of likely N-dealkylation sites (N-methyl/N-ethyl adjacent to an activating group) is 1. The van der Waals surface area contributed by atoms with E-state index in [0.717, 1.165) is 12.1 Å². The van der Waals surface area contributed by atoms with Crippen molar-refractivity contribution in [1.29, 1.82) is 0 Å². The van der Waals surface area contributed by atoms with E-state index in [1.54, 1.807) is 12.1 Å².